The molecule has 2 fully saturated rings. The first kappa shape index (κ1) is 12.4. The molecule has 0 spiro atoms. The Labute approximate surface area is 101 Å². The van der Waals surface area contributed by atoms with Crippen molar-refractivity contribution in [1.29, 1.82) is 0 Å². The van der Waals surface area contributed by atoms with E-state index < -0.39 is 0 Å². The summed E-state index contributed by atoms with van der Waals surface area (Å²) in [7, 11) is 2.35. The summed E-state index contributed by atoms with van der Waals surface area (Å²) in [6.07, 6.45) is 10.1. The van der Waals surface area contributed by atoms with Gasteiger partial charge in [-0.25, -0.2) is 0 Å². The highest BCUT2D eigenvalue weighted by atomic mass is 15.2. The van der Waals surface area contributed by atoms with Gasteiger partial charge in [-0.2, -0.15) is 0 Å². The Kier molecular flexibility index (Phi) is 4.66. The second-order valence-corrected chi connectivity index (χ2v) is 5.75. The van der Waals surface area contributed by atoms with E-state index in [1.54, 1.807) is 0 Å². The largest absolute Gasteiger partial charge is 0.313 e. The predicted molar refractivity (Wildman–Crippen MR) is 69.7 cm³/mol. The van der Waals surface area contributed by atoms with Crippen molar-refractivity contribution < 1.29 is 0 Å². The average Bonchev–Trinajstić information content (AvgIpc) is 2.89. The van der Waals surface area contributed by atoms with Crippen molar-refractivity contribution in [3.05, 3.63) is 0 Å². The highest BCUT2D eigenvalue weighted by Crippen LogP contribution is 2.29. The van der Waals surface area contributed by atoms with Crippen LogP contribution in [0.25, 0.3) is 0 Å². The lowest BCUT2D eigenvalue weighted by Crippen LogP contribution is -2.46. The summed E-state index contributed by atoms with van der Waals surface area (Å²) < 4.78 is 0. The zero-order valence-electron chi connectivity index (χ0n) is 11.0. The van der Waals surface area contributed by atoms with Gasteiger partial charge in [0.15, 0.2) is 0 Å². The highest BCUT2D eigenvalue weighted by Gasteiger charge is 2.30. The van der Waals surface area contributed by atoms with E-state index in [1.807, 2.05) is 0 Å². The Hall–Kier alpha value is -0.0800. The van der Waals surface area contributed by atoms with Crippen molar-refractivity contribution in [2.75, 3.05) is 20.1 Å². The molecule has 0 aromatic rings. The molecule has 2 heteroatoms. The Morgan fingerprint density at radius 2 is 1.81 bits per heavy atom. The second-order valence-electron chi connectivity index (χ2n) is 5.75. The monoisotopic (exact) mass is 224 g/mol. The molecule has 1 N–H and O–H groups in total. The van der Waals surface area contributed by atoms with E-state index in [2.05, 4.69) is 24.2 Å². The molecular formula is C14H28N2. The maximum absolute atomic E-state index is 3.66. The first-order valence-corrected chi connectivity index (χ1v) is 7.25. The number of likely N-dealkylation sites (N-methyl/N-ethyl adjacent to an activating group) is 2. The first-order chi connectivity index (χ1) is 7.81. The summed E-state index contributed by atoms with van der Waals surface area (Å²) in [5, 5.41) is 3.66. The molecule has 2 aliphatic carbocycles. The second kappa shape index (κ2) is 6.02. The summed E-state index contributed by atoms with van der Waals surface area (Å²) in [6, 6.07) is 1.57. The highest BCUT2D eigenvalue weighted by molar-refractivity contribution is 4.90. The zero-order chi connectivity index (χ0) is 11.4. The Morgan fingerprint density at radius 3 is 2.50 bits per heavy atom. The van der Waals surface area contributed by atoms with Crippen molar-refractivity contribution in [3.8, 4) is 0 Å². The van der Waals surface area contributed by atoms with Crippen molar-refractivity contribution in [3.63, 3.8) is 0 Å². The predicted octanol–water partition coefficient (Wildman–Crippen LogP) is 2.64. The van der Waals surface area contributed by atoms with Crippen LogP contribution < -0.4 is 5.32 Å². The normalized spacial score (nSPS) is 31.7. The summed E-state index contributed by atoms with van der Waals surface area (Å²) >= 11 is 0. The SMILES string of the molecule is CCNC1CCCC1N(C)CC1CCCC1. The molecule has 0 amide bonds. The molecule has 2 nitrogen and oxygen atoms in total. The average molecular weight is 224 g/mol. The zero-order valence-corrected chi connectivity index (χ0v) is 11.0. The molecule has 2 saturated carbocycles. The molecular weight excluding hydrogens is 196 g/mol. The summed E-state index contributed by atoms with van der Waals surface area (Å²) in [4.78, 5) is 2.65. The quantitative estimate of drug-likeness (QED) is 0.772. The minimum Gasteiger partial charge on any atom is -0.313 e. The summed E-state index contributed by atoms with van der Waals surface area (Å²) in [6.45, 7) is 4.69. The smallest absolute Gasteiger partial charge is 0.0246 e. The number of nitrogens with one attached hydrogen (secondary N) is 1. The van der Waals surface area contributed by atoms with Crippen LogP contribution in [-0.2, 0) is 0 Å². The molecule has 94 valence electrons. The van der Waals surface area contributed by atoms with Gasteiger partial charge in [-0.1, -0.05) is 26.2 Å². The van der Waals surface area contributed by atoms with Crippen molar-refractivity contribution >= 4 is 0 Å². The summed E-state index contributed by atoms with van der Waals surface area (Å²) in [5.41, 5.74) is 0. The van der Waals surface area contributed by atoms with Crippen molar-refractivity contribution in [2.24, 2.45) is 5.92 Å². The van der Waals surface area contributed by atoms with E-state index in [4.69, 9.17) is 0 Å². The van der Waals surface area contributed by atoms with Crippen LogP contribution in [0.5, 0.6) is 0 Å². The Bertz CT molecular complexity index is 199. The standard InChI is InChI=1S/C14H28N2/c1-3-15-13-9-6-10-14(13)16(2)11-12-7-4-5-8-12/h12-15H,3-11H2,1-2H3. The van der Waals surface area contributed by atoms with Gasteiger partial charge in [0.2, 0.25) is 0 Å². The topological polar surface area (TPSA) is 15.3 Å². The maximum Gasteiger partial charge on any atom is 0.0246 e. The van der Waals surface area contributed by atoms with E-state index in [1.165, 1.54) is 51.5 Å². The fourth-order valence-corrected chi connectivity index (χ4v) is 3.70. The van der Waals surface area contributed by atoms with Crippen LogP contribution in [0, 0.1) is 5.92 Å². The maximum atomic E-state index is 3.66. The number of nitrogens with zero attached hydrogens (tertiary/aromatic N) is 1. The van der Waals surface area contributed by atoms with E-state index in [0.29, 0.717) is 0 Å². The molecule has 0 aromatic carbocycles. The molecule has 16 heavy (non-hydrogen) atoms. The van der Waals surface area contributed by atoms with Gasteiger partial charge in [0, 0.05) is 18.6 Å². The molecule has 2 atom stereocenters. The van der Waals surface area contributed by atoms with Gasteiger partial charge in [0.05, 0.1) is 0 Å². The molecule has 2 aliphatic rings. The van der Waals surface area contributed by atoms with Gasteiger partial charge in [-0.05, 0) is 45.2 Å². The van der Waals surface area contributed by atoms with Crippen LogP contribution in [0.4, 0.5) is 0 Å². The van der Waals surface area contributed by atoms with Gasteiger partial charge < -0.3 is 10.2 Å². The first-order valence-electron chi connectivity index (χ1n) is 7.25. The third-order valence-corrected chi connectivity index (χ3v) is 4.53. The van der Waals surface area contributed by atoms with Gasteiger partial charge in [0.1, 0.15) is 0 Å². The van der Waals surface area contributed by atoms with Crippen LogP contribution in [0.2, 0.25) is 0 Å². The number of hydrogen-bond donors (Lipinski definition) is 1. The Balaban J connectivity index is 1.80. The van der Waals surface area contributed by atoms with Gasteiger partial charge in [-0.3, -0.25) is 0 Å². The molecule has 0 aromatic heterocycles. The molecule has 2 unspecified atom stereocenters. The number of hydrogen-bond acceptors (Lipinski definition) is 2. The third-order valence-electron chi connectivity index (χ3n) is 4.53. The molecule has 0 bridgehead atoms. The minimum absolute atomic E-state index is 0.761. The Morgan fingerprint density at radius 1 is 1.06 bits per heavy atom. The fraction of sp³-hybridized carbons (Fsp3) is 1.00. The molecule has 0 saturated heterocycles. The van der Waals surface area contributed by atoms with Crippen molar-refractivity contribution in [1.82, 2.24) is 10.2 Å². The lowest BCUT2D eigenvalue weighted by Gasteiger charge is -2.32. The summed E-state index contributed by atoms with van der Waals surface area (Å²) in [5.74, 6) is 0.993. The van der Waals surface area contributed by atoms with E-state index in [0.717, 1.165) is 24.5 Å². The molecule has 0 aliphatic heterocycles. The minimum atomic E-state index is 0.761. The van der Waals surface area contributed by atoms with Gasteiger partial charge in [-0.15, -0.1) is 0 Å². The van der Waals surface area contributed by atoms with Gasteiger partial charge >= 0.3 is 0 Å². The fourth-order valence-electron chi connectivity index (χ4n) is 3.70. The molecule has 0 heterocycles. The van der Waals surface area contributed by atoms with Crippen LogP contribution >= 0.6 is 0 Å². The lowest BCUT2D eigenvalue weighted by atomic mass is 10.1. The van der Waals surface area contributed by atoms with Crippen LogP contribution in [0.15, 0.2) is 0 Å². The molecule has 2 rings (SSSR count). The van der Waals surface area contributed by atoms with E-state index in [9.17, 15) is 0 Å². The van der Waals surface area contributed by atoms with E-state index in [-0.39, 0.29) is 0 Å². The van der Waals surface area contributed by atoms with Crippen molar-refractivity contribution in [2.45, 2.75) is 64.0 Å². The third kappa shape index (κ3) is 2.98. The number of rotatable bonds is 5. The van der Waals surface area contributed by atoms with Crippen LogP contribution in [0.3, 0.4) is 0 Å². The van der Waals surface area contributed by atoms with E-state index >= 15 is 0 Å². The van der Waals surface area contributed by atoms with Crippen LogP contribution in [-0.4, -0.2) is 37.1 Å². The van der Waals surface area contributed by atoms with Crippen LogP contribution in [0.1, 0.15) is 51.9 Å². The lowest BCUT2D eigenvalue weighted by molar-refractivity contribution is 0.184. The molecule has 0 radical (unpaired) electrons. The van der Waals surface area contributed by atoms with Gasteiger partial charge in [0.25, 0.3) is 0 Å².